The SMILES string of the molecule is Cc1ccc(SC(=O)c2c(C)c(-c3cccc(Cl)c3)nc3c(C)cc(C)cc23)cc1. The molecule has 0 aliphatic carbocycles. The van der Waals surface area contributed by atoms with Crippen molar-refractivity contribution in [3.63, 3.8) is 0 Å². The number of hydrogen-bond donors (Lipinski definition) is 0. The molecule has 1 aromatic heterocycles. The topological polar surface area (TPSA) is 30.0 Å². The average molecular weight is 432 g/mol. The summed E-state index contributed by atoms with van der Waals surface area (Å²) in [6.07, 6.45) is 0. The first kappa shape index (κ1) is 20.6. The zero-order valence-electron chi connectivity index (χ0n) is 17.4. The number of halogens is 1. The second-order valence-electron chi connectivity index (χ2n) is 7.65. The molecule has 0 saturated heterocycles. The summed E-state index contributed by atoms with van der Waals surface area (Å²) in [4.78, 5) is 19.4. The van der Waals surface area contributed by atoms with Crippen molar-refractivity contribution in [3.05, 3.63) is 93.5 Å². The number of rotatable bonds is 3. The van der Waals surface area contributed by atoms with E-state index in [1.807, 2.05) is 76.2 Å². The molecule has 1 heterocycles. The van der Waals surface area contributed by atoms with E-state index < -0.39 is 0 Å². The van der Waals surface area contributed by atoms with Crippen molar-refractivity contribution in [3.8, 4) is 11.3 Å². The van der Waals surface area contributed by atoms with Crippen LogP contribution in [0.15, 0.2) is 65.6 Å². The maximum absolute atomic E-state index is 13.5. The van der Waals surface area contributed by atoms with Crippen LogP contribution in [0.4, 0.5) is 0 Å². The van der Waals surface area contributed by atoms with Gasteiger partial charge in [0.1, 0.15) is 0 Å². The molecule has 0 unspecified atom stereocenters. The van der Waals surface area contributed by atoms with Crippen LogP contribution in [-0.4, -0.2) is 10.1 Å². The summed E-state index contributed by atoms with van der Waals surface area (Å²) in [6.45, 7) is 8.11. The molecule has 0 fully saturated rings. The summed E-state index contributed by atoms with van der Waals surface area (Å²) in [5.41, 5.74) is 7.50. The summed E-state index contributed by atoms with van der Waals surface area (Å²) >= 11 is 7.50. The lowest BCUT2D eigenvalue weighted by Gasteiger charge is -2.16. The van der Waals surface area contributed by atoms with E-state index >= 15 is 0 Å². The van der Waals surface area contributed by atoms with Gasteiger partial charge in [0.05, 0.1) is 11.2 Å². The molecule has 0 spiro atoms. The first-order valence-corrected chi connectivity index (χ1v) is 11.0. The second-order valence-corrected chi connectivity index (χ2v) is 9.13. The van der Waals surface area contributed by atoms with Crippen molar-refractivity contribution in [2.45, 2.75) is 32.6 Å². The Labute approximate surface area is 186 Å². The Morgan fingerprint density at radius 2 is 1.63 bits per heavy atom. The number of fused-ring (bicyclic) bond motifs is 1. The van der Waals surface area contributed by atoms with Crippen LogP contribution in [0.25, 0.3) is 22.2 Å². The van der Waals surface area contributed by atoms with Crippen LogP contribution < -0.4 is 0 Å². The average Bonchev–Trinajstić information content (AvgIpc) is 2.69. The summed E-state index contributed by atoms with van der Waals surface area (Å²) in [6, 6.07) is 19.8. The molecule has 0 saturated carbocycles. The summed E-state index contributed by atoms with van der Waals surface area (Å²) in [5, 5.41) is 1.58. The third-order valence-corrected chi connectivity index (χ3v) is 6.33. The lowest BCUT2D eigenvalue weighted by atomic mass is 9.96. The van der Waals surface area contributed by atoms with E-state index in [1.54, 1.807) is 0 Å². The minimum atomic E-state index is 0.0250. The standard InChI is InChI=1S/C26H22ClNOS/c1-15-8-10-21(11-9-15)30-26(29)23-18(4)25(19-6-5-7-20(27)14-19)28-24-17(3)12-16(2)13-22(23)24/h5-14H,1-4H3. The highest BCUT2D eigenvalue weighted by atomic mass is 35.5. The van der Waals surface area contributed by atoms with E-state index in [-0.39, 0.29) is 5.12 Å². The number of carbonyl (C=O) groups is 1. The van der Waals surface area contributed by atoms with E-state index in [0.29, 0.717) is 10.6 Å². The van der Waals surface area contributed by atoms with Gasteiger partial charge in [-0.3, -0.25) is 4.79 Å². The maximum atomic E-state index is 13.5. The lowest BCUT2D eigenvalue weighted by molar-refractivity contribution is 0.109. The van der Waals surface area contributed by atoms with Gasteiger partial charge in [-0.2, -0.15) is 0 Å². The Balaban J connectivity index is 1.95. The van der Waals surface area contributed by atoms with Crippen molar-refractivity contribution in [2.24, 2.45) is 0 Å². The van der Waals surface area contributed by atoms with Gasteiger partial charge in [-0.1, -0.05) is 53.1 Å². The van der Waals surface area contributed by atoms with Gasteiger partial charge in [-0.15, -0.1) is 0 Å². The van der Waals surface area contributed by atoms with Crippen LogP contribution in [0, 0.1) is 27.7 Å². The Bertz CT molecular complexity index is 1280. The number of pyridine rings is 1. The second kappa shape index (κ2) is 8.25. The van der Waals surface area contributed by atoms with Gasteiger partial charge >= 0.3 is 0 Å². The molecule has 150 valence electrons. The summed E-state index contributed by atoms with van der Waals surface area (Å²) < 4.78 is 0. The molecule has 2 nitrogen and oxygen atoms in total. The minimum Gasteiger partial charge on any atom is -0.281 e. The molecule has 0 radical (unpaired) electrons. The highest BCUT2D eigenvalue weighted by Gasteiger charge is 2.21. The zero-order valence-corrected chi connectivity index (χ0v) is 19.0. The van der Waals surface area contributed by atoms with Gasteiger partial charge in [0, 0.05) is 26.4 Å². The third-order valence-electron chi connectivity index (χ3n) is 5.20. The number of hydrogen-bond acceptors (Lipinski definition) is 3. The molecular formula is C26H22ClNOS. The van der Waals surface area contributed by atoms with Crippen LogP contribution in [0.3, 0.4) is 0 Å². The van der Waals surface area contributed by atoms with Crippen LogP contribution in [-0.2, 0) is 0 Å². The van der Waals surface area contributed by atoms with Crippen molar-refractivity contribution < 1.29 is 4.79 Å². The van der Waals surface area contributed by atoms with Crippen molar-refractivity contribution in [1.82, 2.24) is 4.98 Å². The molecule has 0 aliphatic heterocycles. The number of thioether (sulfide) groups is 1. The van der Waals surface area contributed by atoms with Gasteiger partial charge in [-0.25, -0.2) is 4.98 Å². The first-order valence-electron chi connectivity index (χ1n) is 9.80. The van der Waals surface area contributed by atoms with Crippen LogP contribution >= 0.6 is 23.4 Å². The number of aryl methyl sites for hydroxylation is 3. The third kappa shape index (κ3) is 4.00. The van der Waals surface area contributed by atoms with Gasteiger partial charge in [-0.05, 0) is 80.9 Å². The molecule has 3 aromatic carbocycles. The Kier molecular flexibility index (Phi) is 5.68. The monoisotopic (exact) mass is 431 g/mol. The minimum absolute atomic E-state index is 0.0250. The highest BCUT2D eigenvalue weighted by molar-refractivity contribution is 8.14. The van der Waals surface area contributed by atoms with Crippen molar-refractivity contribution in [2.75, 3.05) is 0 Å². The van der Waals surface area contributed by atoms with E-state index in [1.165, 1.54) is 17.3 Å². The van der Waals surface area contributed by atoms with E-state index in [9.17, 15) is 4.79 Å². The Morgan fingerprint density at radius 1 is 0.900 bits per heavy atom. The molecule has 0 bridgehead atoms. The summed E-state index contributed by atoms with van der Waals surface area (Å²) in [7, 11) is 0. The molecule has 0 N–H and O–H groups in total. The molecule has 4 heteroatoms. The summed E-state index contributed by atoms with van der Waals surface area (Å²) in [5.74, 6) is 0. The van der Waals surface area contributed by atoms with E-state index in [0.717, 1.165) is 43.7 Å². The van der Waals surface area contributed by atoms with Crippen LogP contribution in [0.1, 0.15) is 32.6 Å². The Morgan fingerprint density at radius 3 is 2.33 bits per heavy atom. The maximum Gasteiger partial charge on any atom is 0.225 e. The van der Waals surface area contributed by atoms with E-state index in [4.69, 9.17) is 16.6 Å². The van der Waals surface area contributed by atoms with Crippen molar-refractivity contribution >= 4 is 39.4 Å². The van der Waals surface area contributed by atoms with Crippen LogP contribution in [0.5, 0.6) is 0 Å². The Hall–Kier alpha value is -2.62. The molecule has 0 aliphatic rings. The van der Waals surface area contributed by atoms with E-state index in [2.05, 4.69) is 12.1 Å². The van der Waals surface area contributed by atoms with Gasteiger partial charge in [0.15, 0.2) is 0 Å². The first-order chi connectivity index (χ1) is 14.3. The number of nitrogens with zero attached hydrogens (tertiary/aromatic N) is 1. The molecular weight excluding hydrogens is 410 g/mol. The number of benzene rings is 3. The number of aromatic nitrogens is 1. The normalized spacial score (nSPS) is 11.1. The molecule has 0 amide bonds. The van der Waals surface area contributed by atoms with Crippen molar-refractivity contribution in [1.29, 1.82) is 0 Å². The quantitative estimate of drug-likeness (QED) is 0.311. The zero-order chi connectivity index (χ0) is 21.4. The highest BCUT2D eigenvalue weighted by Crippen LogP contribution is 2.36. The smallest absolute Gasteiger partial charge is 0.225 e. The van der Waals surface area contributed by atoms with Gasteiger partial charge in [0.25, 0.3) is 0 Å². The largest absolute Gasteiger partial charge is 0.281 e. The van der Waals surface area contributed by atoms with Gasteiger partial charge in [0.2, 0.25) is 5.12 Å². The fourth-order valence-electron chi connectivity index (χ4n) is 3.76. The predicted octanol–water partition coefficient (Wildman–Crippen LogP) is 7.72. The predicted molar refractivity (Wildman–Crippen MR) is 128 cm³/mol. The van der Waals surface area contributed by atoms with Gasteiger partial charge < -0.3 is 0 Å². The fourth-order valence-corrected chi connectivity index (χ4v) is 4.80. The lowest BCUT2D eigenvalue weighted by Crippen LogP contribution is -2.04. The fraction of sp³-hybridized carbons (Fsp3) is 0.154. The molecule has 0 atom stereocenters. The molecule has 4 aromatic rings. The molecule has 30 heavy (non-hydrogen) atoms. The molecule has 4 rings (SSSR count). The van der Waals surface area contributed by atoms with Crippen LogP contribution in [0.2, 0.25) is 5.02 Å². The number of carbonyl (C=O) groups excluding carboxylic acids is 1.